The summed E-state index contributed by atoms with van der Waals surface area (Å²) in [6.45, 7) is 8.28. The van der Waals surface area contributed by atoms with E-state index in [2.05, 4.69) is 46.5 Å². The number of rotatable bonds is 5. The first-order chi connectivity index (χ1) is 12.7. The second-order valence-corrected chi connectivity index (χ2v) is 7.87. The van der Waals surface area contributed by atoms with Gasteiger partial charge in [0.25, 0.3) is 0 Å². The molecule has 6 heteroatoms. The summed E-state index contributed by atoms with van der Waals surface area (Å²) < 4.78 is 0. The molecule has 2 aliphatic rings. The molecule has 27 heavy (non-hydrogen) atoms. The summed E-state index contributed by atoms with van der Waals surface area (Å²) in [5.41, 5.74) is 1.17. The van der Waals surface area contributed by atoms with Gasteiger partial charge in [0.2, 0.25) is 0 Å². The molecule has 0 amide bonds. The standard InChI is InChI=1S/C21H35N5.HI/c1-3-22-21(25-19-7-5-4-6-8-19)24-16-18-9-10-20(23-15-18)26-13-11-17(2)12-14-26;/h9-10,15,17,19H,3-8,11-14,16H2,1-2H3,(H2,22,24,25);1H. The SMILES string of the molecule is CCNC(=NCc1ccc(N2CCC(C)CC2)nc1)NC1CCCCC1.I. The van der Waals surface area contributed by atoms with Crippen LogP contribution in [0.5, 0.6) is 0 Å². The predicted octanol–water partition coefficient (Wildman–Crippen LogP) is 4.32. The summed E-state index contributed by atoms with van der Waals surface area (Å²) in [5, 5.41) is 6.98. The van der Waals surface area contributed by atoms with Crippen molar-refractivity contribution >= 4 is 35.8 Å². The quantitative estimate of drug-likeness (QED) is 0.371. The van der Waals surface area contributed by atoms with Crippen molar-refractivity contribution in [1.29, 1.82) is 0 Å². The predicted molar refractivity (Wildman–Crippen MR) is 125 cm³/mol. The van der Waals surface area contributed by atoms with Crippen LogP contribution in [0.25, 0.3) is 0 Å². The molecule has 0 aromatic carbocycles. The molecule has 1 aromatic heterocycles. The minimum atomic E-state index is 0. The van der Waals surface area contributed by atoms with Gasteiger partial charge >= 0.3 is 0 Å². The highest BCUT2D eigenvalue weighted by Gasteiger charge is 2.17. The molecule has 1 aromatic rings. The third-order valence-electron chi connectivity index (χ3n) is 5.63. The van der Waals surface area contributed by atoms with Crippen LogP contribution in [0.1, 0.15) is 64.4 Å². The van der Waals surface area contributed by atoms with Crippen molar-refractivity contribution in [2.75, 3.05) is 24.5 Å². The molecule has 0 bridgehead atoms. The number of guanidine groups is 1. The van der Waals surface area contributed by atoms with Crippen molar-refractivity contribution in [2.45, 2.75) is 71.4 Å². The first-order valence-corrected chi connectivity index (χ1v) is 10.5. The average molecular weight is 485 g/mol. The number of aliphatic imine (C=N–C) groups is 1. The molecule has 2 fully saturated rings. The van der Waals surface area contributed by atoms with Gasteiger partial charge in [-0.2, -0.15) is 0 Å². The van der Waals surface area contributed by atoms with Crippen LogP contribution in [0.2, 0.25) is 0 Å². The molecule has 1 saturated carbocycles. The Kier molecular flexibility index (Phi) is 9.65. The number of aromatic nitrogens is 1. The van der Waals surface area contributed by atoms with E-state index in [0.29, 0.717) is 12.6 Å². The molecular weight excluding hydrogens is 449 g/mol. The second kappa shape index (κ2) is 11.7. The van der Waals surface area contributed by atoms with E-state index >= 15 is 0 Å². The average Bonchev–Trinajstić information content (AvgIpc) is 2.68. The van der Waals surface area contributed by atoms with E-state index in [0.717, 1.165) is 37.3 Å². The summed E-state index contributed by atoms with van der Waals surface area (Å²) in [5.74, 6) is 2.89. The lowest BCUT2D eigenvalue weighted by Crippen LogP contribution is -2.44. The Morgan fingerprint density at radius 3 is 2.52 bits per heavy atom. The number of pyridine rings is 1. The van der Waals surface area contributed by atoms with Crippen LogP contribution in [-0.4, -0.2) is 36.6 Å². The molecule has 2 N–H and O–H groups in total. The molecular formula is C21H36IN5. The Morgan fingerprint density at radius 2 is 1.89 bits per heavy atom. The van der Waals surface area contributed by atoms with Gasteiger partial charge in [-0.3, -0.25) is 0 Å². The smallest absolute Gasteiger partial charge is 0.191 e. The highest BCUT2D eigenvalue weighted by Crippen LogP contribution is 2.21. The lowest BCUT2D eigenvalue weighted by atomic mass is 9.96. The summed E-state index contributed by atoms with van der Waals surface area (Å²) in [4.78, 5) is 11.9. The fourth-order valence-corrected chi connectivity index (χ4v) is 3.87. The van der Waals surface area contributed by atoms with Crippen LogP contribution in [0.3, 0.4) is 0 Å². The van der Waals surface area contributed by atoms with Gasteiger partial charge in [0.1, 0.15) is 5.82 Å². The van der Waals surface area contributed by atoms with Crippen molar-refractivity contribution in [3.8, 4) is 0 Å². The van der Waals surface area contributed by atoms with Crippen LogP contribution in [0.4, 0.5) is 5.82 Å². The van der Waals surface area contributed by atoms with Crippen LogP contribution < -0.4 is 15.5 Å². The van der Waals surface area contributed by atoms with Gasteiger partial charge in [-0.1, -0.05) is 32.3 Å². The summed E-state index contributed by atoms with van der Waals surface area (Å²) in [6, 6.07) is 4.90. The van der Waals surface area contributed by atoms with Gasteiger partial charge in [-0.25, -0.2) is 9.98 Å². The number of nitrogens with zero attached hydrogens (tertiary/aromatic N) is 3. The number of anilines is 1. The van der Waals surface area contributed by atoms with Gasteiger partial charge in [-0.15, -0.1) is 24.0 Å². The van der Waals surface area contributed by atoms with E-state index in [1.54, 1.807) is 0 Å². The Hall–Kier alpha value is -1.05. The zero-order chi connectivity index (χ0) is 18.2. The Balaban J connectivity index is 0.00000261. The number of nitrogens with one attached hydrogen (secondary N) is 2. The first kappa shape index (κ1) is 22.2. The fourth-order valence-electron chi connectivity index (χ4n) is 3.87. The minimum Gasteiger partial charge on any atom is -0.357 e. The largest absolute Gasteiger partial charge is 0.357 e. The molecule has 1 saturated heterocycles. The molecule has 1 aliphatic heterocycles. The van der Waals surface area contributed by atoms with Gasteiger partial charge in [-0.05, 0) is 50.2 Å². The molecule has 2 heterocycles. The lowest BCUT2D eigenvalue weighted by molar-refractivity contribution is 0.410. The van der Waals surface area contributed by atoms with Gasteiger partial charge in [0.05, 0.1) is 6.54 Å². The monoisotopic (exact) mass is 485 g/mol. The molecule has 0 radical (unpaired) electrons. The molecule has 3 rings (SSSR count). The van der Waals surface area contributed by atoms with Crippen LogP contribution in [0, 0.1) is 5.92 Å². The maximum absolute atomic E-state index is 4.77. The van der Waals surface area contributed by atoms with Crippen LogP contribution in [-0.2, 0) is 6.54 Å². The Bertz CT molecular complexity index is 560. The van der Waals surface area contributed by atoms with Crippen molar-refractivity contribution < 1.29 is 0 Å². The number of hydrogen-bond donors (Lipinski definition) is 2. The third kappa shape index (κ3) is 7.12. The number of hydrogen-bond acceptors (Lipinski definition) is 3. The van der Waals surface area contributed by atoms with Gasteiger partial charge in [0, 0.05) is 31.9 Å². The maximum Gasteiger partial charge on any atom is 0.191 e. The molecule has 1 aliphatic carbocycles. The van der Waals surface area contributed by atoms with E-state index in [1.165, 1.54) is 50.5 Å². The highest BCUT2D eigenvalue weighted by atomic mass is 127. The van der Waals surface area contributed by atoms with Crippen molar-refractivity contribution in [3.63, 3.8) is 0 Å². The normalized spacial score (nSPS) is 19.5. The van der Waals surface area contributed by atoms with E-state index in [1.807, 2.05) is 6.20 Å². The summed E-state index contributed by atoms with van der Waals surface area (Å²) >= 11 is 0. The number of halogens is 1. The van der Waals surface area contributed by atoms with Crippen LogP contribution in [0.15, 0.2) is 23.3 Å². The topological polar surface area (TPSA) is 52.6 Å². The maximum atomic E-state index is 4.77. The van der Waals surface area contributed by atoms with Gasteiger partial charge < -0.3 is 15.5 Å². The summed E-state index contributed by atoms with van der Waals surface area (Å²) in [6.07, 6.45) is 11.1. The molecule has 0 spiro atoms. The fraction of sp³-hybridized carbons (Fsp3) is 0.714. The van der Waals surface area contributed by atoms with Gasteiger partial charge in [0.15, 0.2) is 5.96 Å². The summed E-state index contributed by atoms with van der Waals surface area (Å²) in [7, 11) is 0. The minimum absolute atomic E-state index is 0. The van der Waals surface area contributed by atoms with Crippen molar-refractivity contribution in [2.24, 2.45) is 10.9 Å². The second-order valence-electron chi connectivity index (χ2n) is 7.87. The highest BCUT2D eigenvalue weighted by molar-refractivity contribution is 14.0. The van der Waals surface area contributed by atoms with Crippen molar-refractivity contribution in [1.82, 2.24) is 15.6 Å². The number of piperidine rings is 1. The third-order valence-corrected chi connectivity index (χ3v) is 5.63. The van der Waals surface area contributed by atoms with E-state index < -0.39 is 0 Å². The molecule has 5 nitrogen and oxygen atoms in total. The van der Waals surface area contributed by atoms with Crippen LogP contribution >= 0.6 is 24.0 Å². The van der Waals surface area contributed by atoms with E-state index in [4.69, 9.17) is 4.99 Å². The Morgan fingerprint density at radius 1 is 1.15 bits per heavy atom. The first-order valence-electron chi connectivity index (χ1n) is 10.5. The zero-order valence-corrected chi connectivity index (χ0v) is 19.2. The molecule has 152 valence electrons. The molecule has 0 unspecified atom stereocenters. The lowest BCUT2D eigenvalue weighted by Gasteiger charge is -2.31. The Labute approximate surface area is 181 Å². The zero-order valence-electron chi connectivity index (χ0n) is 16.9. The van der Waals surface area contributed by atoms with E-state index in [-0.39, 0.29) is 24.0 Å². The van der Waals surface area contributed by atoms with E-state index in [9.17, 15) is 0 Å². The molecule has 0 atom stereocenters. The van der Waals surface area contributed by atoms with Crippen molar-refractivity contribution in [3.05, 3.63) is 23.9 Å².